The van der Waals surface area contributed by atoms with Crippen molar-refractivity contribution < 1.29 is 0 Å². The van der Waals surface area contributed by atoms with E-state index in [1.807, 2.05) is 6.20 Å². The highest BCUT2D eigenvalue weighted by Gasteiger charge is 2.16. The summed E-state index contributed by atoms with van der Waals surface area (Å²) in [6, 6.07) is 0. The van der Waals surface area contributed by atoms with Crippen molar-refractivity contribution in [2.75, 3.05) is 0 Å². The third-order valence-corrected chi connectivity index (χ3v) is 3.78. The van der Waals surface area contributed by atoms with Gasteiger partial charge in [-0.2, -0.15) is 0 Å². The molecular weight excluding hydrogens is 214 g/mol. The number of hydrogen-bond donors (Lipinski definition) is 2. The van der Waals surface area contributed by atoms with E-state index in [0.717, 1.165) is 17.9 Å². The molecule has 3 rings (SSSR count). The molecule has 0 aliphatic heterocycles. The SMILES string of the molecule is O=c1[nH]cnc2c(CC3CCCCC3)c[nH]c12. The Balaban J connectivity index is 1.90. The van der Waals surface area contributed by atoms with Gasteiger partial charge in [0.05, 0.1) is 11.8 Å². The molecule has 90 valence electrons. The maximum absolute atomic E-state index is 11.6. The quantitative estimate of drug-likeness (QED) is 0.833. The molecule has 2 heterocycles. The van der Waals surface area contributed by atoms with Crippen LogP contribution in [0.2, 0.25) is 0 Å². The summed E-state index contributed by atoms with van der Waals surface area (Å²) in [4.78, 5) is 21.5. The lowest BCUT2D eigenvalue weighted by Crippen LogP contribution is -2.10. The van der Waals surface area contributed by atoms with Crippen molar-refractivity contribution in [2.24, 2.45) is 5.92 Å². The highest BCUT2D eigenvalue weighted by atomic mass is 16.1. The Labute approximate surface area is 99.5 Å². The van der Waals surface area contributed by atoms with Gasteiger partial charge in [-0.25, -0.2) is 4.98 Å². The van der Waals surface area contributed by atoms with Crippen molar-refractivity contribution >= 4 is 11.0 Å². The van der Waals surface area contributed by atoms with Gasteiger partial charge in [-0.1, -0.05) is 32.1 Å². The first-order valence-corrected chi connectivity index (χ1v) is 6.38. The van der Waals surface area contributed by atoms with Gasteiger partial charge in [0, 0.05) is 6.20 Å². The third kappa shape index (κ3) is 1.99. The van der Waals surface area contributed by atoms with Crippen molar-refractivity contribution in [1.82, 2.24) is 15.0 Å². The van der Waals surface area contributed by atoms with Crippen LogP contribution in [0.25, 0.3) is 11.0 Å². The summed E-state index contributed by atoms with van der Waals surface area (Å²) in [6.45, 7) is 0. The fraction of sp³-hybridized carbons (Fsp3) is 0.538. The van der Waals surface area contributed by atoms with Crippen LogP contribution in [0.3, 0.4) is 0 Å². The highest BCUT2D eigenvalue weighted by Crippen LogP contribution is 2.28. The summed E-state index contributed by atoms with van der Waals surface area (Å²) in [6.07, 6.45) is 11.2. The van der Waals surface area contributed by atoms with Gasteiger partial charge < -0.3 is 9.97 Å². The van der Waals surface area contributed by atoms with Crippen LogP contribution in [0.1, 0.15) is 37.7 Å². The van der Waals surface area contributed by atoms with E-state index in [1.54, 1.807) is 0 Å². The molecule has 1 fully saturated rings. The molecule has 4 nitrogen and oxygen atoms in total. The fourth-order valence-corrected chi connectivity index (χ4v) is 2.86. The zero-order valence-corrected chi connectivity index (χ0v) is 9.83. The Morgan fingerprint density at radius 1 is 1.24 bits per heavy atom. The van der Waals surface area contributed by atoms with E-state index >= 15 is 0 Å². The van der Waals surface area contributed by atoms with Crippen LogP contribution < -0.4 is 5.56 Å². The summed E-state index contributed by atoms with van der Waals surface area (Å²) in [7, 11) is 0. The Kier molecular flexibility index (Phi) is 2.71. The number of nitrogens with one attached hydrogen (secondary N) is 2. The second-order valence-electron chi connectivity index (χ2n) is 4.98. The molecule has 2 N–H and O–H groups in total. The summed E-state index contributed by atoms with van der Waals surface area (Å²) in [5.41, 5.74) is 2.57. The molecule has 4 heteroatoms. The molecule has 0 aromatic carbocycles. The van der Waals surface area contributed by atoms with Crippen LogP contribution >= 0.6 is 0 Å². The lowest BCUT2D eigenvalue weighted by molar-refractivity contribution is 0.357. The minimum Gasteiger partial charge on any atom is -0.355 e. The van der Waals surface area contributed by atoms with Crippen LogP contribution in [-0.2, 0) is 6.42 Å². The van der Waals surface area contributed by atoms with Gasteiger partial charge in [0.1, 0.15) is 5.52 Å². The first-order chi connectivity index (χ1) is 8.34. The summed E-state index contributed by atoms with van der Waals surface area (Å²) in [5.74, 6) is 0.767. The van der Waals surface area contributed by atoms with Crippen molar-refractivity contribution in [1.29, 1.82) is 0 Å². The molecular formula is C13H17N3O. The van der Waals surface area contributed by atoms with E-state index in [-0.39, 0.29) is 5.56 Å². The fourth-order valence-electron chi connectivity index (χ4n) is 2.86. The maximum atomic E-state index is 11.6. The van der Waals surface area contributed by atoms with Gasteiger partial charge in [0.15, 0.2) is 0 Å². The van der Waals surface area contributed by atoms with Gasteiger partial charge in [0.25, 0.3) is 5.56 Å². The van der Waals surface area contributed by atoms with E-state index in [2.05, 4.69) is 15.0 Å². The van der Waals surface area contributed by atoms with Crippen LogP contribution in [-0.4, -0.2) is 15.0 Å². The van der Waals surface area contributed by atoms with Crippen LogP contribution in [0.15, 0.2) is 17.3 Å². The molecule has 0 amide bonds. The number of rotatable bonds is 2. The predicted octanol–water partition coefficient (Wildman–Crippen LogP) is 2.37. The average molecular weight is 231 g/mol. The Bertz CT molecular complexity index is 563. The van der Waals surface area contributed by atoms with E-state index in [9.17, 15) is 4.79 Å². The number of nitrogens with zero attached hydrogens (tertiary/aromatic N) is 1. The van der Waals surface area contributed by atoms with Crippen molar-refractivity contribution in [2.45, 2.75) is 38.5 Å². The largest absolute Gasteiger partial charge is 0.355 e. The highest BCUT2D eigenvalue weighted by molar-refractivity contribution is 5.77. The second-order valence-corrected chi connectivity index (χ2v) is 4.98. The molecule has 0 atom stereocenters. The molecule has 2 aromatic rings. The van der Waals surface area contributed by atoms with Gasteiger partial charge >= 0.3 is 0 Å². The molecule has 2 aromatic heterocycles. The number of H-pyrrole nitrogens is 2. The van der Waals surface area contributed by atoms with E-state index in [0.29, 0.717) is 5.52 Å². The van der Waals surface area contributed by atoms with E-state index in [4.69, 9.17) is 0 Å². The van der Waals surface area contributed by atoms with Crippen molar-refractivity contribution in [3.63, 3.8) is 0 Å². The molecule has 0 spiro atoms. The number of aromatic amines is 2. The summed E-state index contributed by atoms with van der Waals surface area (Å²) >= 11 is 0. The van der Waals surface area contributed by atoms with Gasteiger partial charge in [0.2, 0.25) is 0 Å². The van der Waals surface area contributed by atoms with E-state index < -0.39 is 0 Å². The Morgan fingerprint density at radius 3 is 2.88 bits per heavy atom. The maximum Gasteiger partial charge on any atom is 0.275 e. The molecule has 0 radical (unpaired) electrons. The van der Waals surface area contributed by atoms with Gasteiger partial charge in [-0.15, -0.1) is 0 Å². The average Bonchev–Trinajstić information content (AvgIpc) is 2.76. The summed E-state index contributed by atoms with van der Waals surface area (Å²) < 4.78 is 0. The number of fused-ring (bicyclic) bond motifs is 1. The summed E-state index contributed by atoms with van der Waals surface area (Å²) in [5, 5.41) is 0. The number of hydrogen-bond acceptors (Lipinski definition) is 2. The van der Waals surface area contributed by atoms with Gasteiger partial charge in [-0.05, 0) is 17.9 Å². The third-order valence-electron chi connectivity index (χ3n) is 3.78. The van der Waals surface area contributed by atoms with E-state index in [1.165, 1.54) is 44.0 Å². The zero-order valence-electron chi connectivity index (χ0n) is 9.83. The second kappa shape index (κ2) is 4.35. The first kappa shape index (κ1) is 10.6. The van der Waals surface area contributed by atoms with Crippen molar-refractivity contribution in [3.8, 4) is 0 Å². The standard InChI is InChI=1S/C13H17N3O/c17-13-12-11(15-8-16-13)10(7-14-12)6-9-4-2-1-3-5-9/h7-9,14H,1-6H2,(H,15,16,17). The Morgan fingerprint density at radius 2 is 2.06 bits per heavy atom. The number of aromatic nitrogens is 3. The molecule has 17 heavy (non-hydrogen) atoms. The zero-order chi connectivity index (χ0) is 11.7. The monoisotopic (exact) mass is 231 g/mol. The minimum absolute atomic E-state index is 0.0788. The normalized spacial score (nSPS) is 17.6. The molecule has 0 unspecified atom stereocenters. The molecule has 1 aliphatic rings. The lowest BCUT2D eigenvalue weighted by atomic mass is 9.85. The Hall–Kier alpha value is -1.58. The lowest BCUT2D eigenvalue weighted by Gasteiger charge is -2.20. The molecule has 0 bridgehead atoms. The van der Waals surface area contributed by atoms with Crippen LogP contribution in [0.4, 0.5) is 0 Å². The minimum atomic E-state index is -0.0788. The molecule has 1 aliphatic carbocycles. The predicted molar refractivity (Wildman–Crippen MR) is 67.0 cm³/mol. The van der Waals surface area contributed by atoms with Gasteiger partial charge in [-0.3, -0.25) is 4.79 Å². The smallest absolute Gasteiger partial charge is 0.275 e. The first-order valence-electron chi connectivity index (χ1n) is 6.38. The van der Waals surface area contributed by atoms with Crippen LogP contribution in [0, 0.1) is 5.92 Å². The molecule has 0 saturated heterocycles. The molecule has 1 saturated carbocycles. The van der Waals surface area contributed by atoms with Crippen LogP contribution in [0.5, 0.6) is 0 Å². The topological polar surface area (TPSA) is 61.5 Å². The van der Waals surface area contributed by atoms with Crippen molar-refractivity contribution in [3.05, 3.63) is 28.4 Å².